The Morgan fingerprint density at radius 2 is 1.95 bits per heavy atom. The van der Waals surface area contributed by atoms with E-state index in [1.807, 2.05) is 6.92 Å². The monoisotopic (exact) mass is 316 g/mol. The van der Waals surface area contributed by atoms with Crippen molar-refractivity contribution in [3.63, 3.8) is 0 Å². The van der Waals surface area contributed by atoms with Crippen LogP contribution in [0.15, 0.2) is 9.31 Å². The van der Waals surface area contributed by atoms with Gasteiger partial charge in [-0.25, -0.2) is 13.1 Å². The summed E-state index contributed by atoms with van der Waals surface area (Å²) in [5.74, 6) is 1.09. The summed E-state index contributed by atoms with van der Waals surface area (Å²) in [5, 5.41) is 3.16. The predicted molar refractivity (Wildman–Crippen MR) is 79.7 cm³/mol. The number of methoxy groups -OCH3 is 1. The molecule has 21 heavy (non-hydrogen) atoms. The van der Waals surface area contributed by atoms with Gasteiger partial charge in [0.2, 0.25) is 10.0 Å². The average molecular weight is 316 g/mol. The molecule has 2 N–H and O–H groups in total. The van der Waals surface area contributed by atoms with Gasteiger partial charge in [-0.15, -0.1) is 0 Å². The Morgan fingerprint density at radius 3 is 2.52 bits per heavy atom. The van der Waals surface area contributed by atoms with Crippen molar-refractivity contribution in [2.75, 3.05) is 13.7 Å². The van der Waals surface area contributed by atoms with Gasteiger partial charge < -0.3 is 14.5 Å². The van der Waals surface area contributed by atoms with Crippen LogP contribution in [0.1, 0.15) is 36.8 Å². The molecule has 0 unspecified atom stereocenters. The van der Waals surface area contributed by atoms with Crippen LogP contribution in [0.2, 0.25) is 0 Å². The Labute approximate surface area is 126 Å². The molecule has 1 heterocycles. The quantitative estimate of drug-likeness (QED) is 0.796. The molecule has 6 nitrogen and oxygen atoms in total. The van der Waals surface area contributed by atoms with E-state index in [-0.39, 0.29) is 17.0 Å². The van der Waals surface area contributed by atoms with Gasteiger partial charge in [-0.2, -0.15) is 0 Å². The first-order valence-electron chi connectivity index (χ1n) is 7.23. The highest BCUT2D eigenvalue weighted by Crippen LogP contribution is 2.29. The molecule has 0 atom stereocenters. The second-order valence-corrected chi connectivity index (χ2v) is 7.10. The lowest BCUT2D eigenvalue weighted by Crippen LogP contribution is -2.47. The minimum Gasteiger partial charge on any atom is -0.465 e. The first kappa shape index (κ1) is 16.5. The zero-order valence-corrected chi connectivity index (χ0v) is 13.8. The lowest BCUT2D eigenvalue weighted by Gasteiger charge is -2.34. The third-order valence-corrected chi connectivity index (χ3v) is 5.61. The molecule has 1 saturated carbocycles. The third-order valence-electron chi connectivity index (χ3n) is 3.90. The summed E-state index contributed by atoms with van der Waals surface area (Å²) in [5.41, 5.74) is 0.712. The fourth-order valence-electron chi connectivity index (χ4n) is 2.65. The number of furan rings is 1. The van der Waals surface area contributed by atoms with E-state index in [0.29, 0.717) is 36.5 Å². The number of sulfonamides is 1. The molecule has 0 aromatic carbocycles. The number of nitrogens with one attached hydrogen (secondary N) is 2. The van der Waals surface area contributed by atoms with Gasteiger partial charge in [-0.3, -0.25) is 0 Å². The second-order valence-electron chi connectivity index (χ2n) is 5.45. The van der Waals surface area contributed by atoms with Crippen LogP contribution in [0.5, 0.6) is 0 Å². The van der Waals surface area contributed by atoms with Crippen molar-refractivity contribution < 1.29 is 17.6 Å². The van der Waals surface area contributed by atoms with Crippen LogP contribution in [0.4, 0.5) is 0 Å². The van der Waals surface area contributed by atoms with Crippen molar-refractivity contribution in [3.8, 4) is 0 Å². The molecule has 0 amide bonds. The Kier molecular flexibility index (Phi) is 5.08. The maximum Gasteiger partial charge on any atom is 0.244 e. The highest BCUT2D eigenvalue weighted by molar-refractivity contribution is 7.89. The summed E-state index contributed by atoms with van der Waals surface area (Å²) in [6.07, 6.45) is 1.59. The molecule has 1 aromatic rings. The highest BCUT2D eigenvalue weighted by Gasteiger charge is 2.35. The molecule has 7 heteroatoms. The average Bonchev–Trinajstić information content (AvgIpc) is 2.65. The molecular weight excluding hydrogens is 292 g/mol. The van der Waals surface area contributed by atoms with E-state index in [2.05, 4.69) is 10.0 Å². The van der Waals surface area contributed by atoms with Crippen molar-refractivity contribution in [1.29, 1.82) is 0 Å². The molecule has 1 aromatic heterocycles. The van der Waals surface area contributed by atoms with E-state index >= 15 is 0 Å². The lowest BCUT2D eigenvalue weighted by molar-refractivity contribution is 0.0236. The summed E-state index contributed by atoms with van der Waals surface area (Å²) in [6.45, 7) is 6.72. The van der Waals surface area contributed by atoms with Crippen molar-refractivity contribution >= 4 is 10.0 Å². The van der Waals surface area contributed by atoms with Gasteiger partial charge in [0.15, 0.2) is 0 Å². The van der Waals surface area contributed by atoms with E-state index < -0.39 is 10.0 Å². The van der Waals surface area contributed by atoms with Crippen molar-refractivity contribution in [3.05, 3.63) is 17.1 Å². The Balaban J connectivity index is 2.19. The van der Waals surface area contributed by atoms with Crippen LogP contribution < -0.4 is 10.0 Å². The van der Waals surface area contributed by atoms with E-state index in [0.717, 1.165) is 6.54 Å². The molecule has 0 spiro atoms. The number of hydrogen-bond acceptors (Lipinski definition) is 5. The molecule has 120 valence electrons. The number of rotatable bonds is 7. The molecule has 1 aliphatic carbocycles. The van der Waals surface area contributed by atoms with E-state index in [1.165, 1.54) is 0 Å². The molecule has 0 saturated heterocycles. The van der Waals surface area contributed by atoms with Crippen LogP contribution in [0, 0.1) is 13.8 Å². The molecule has 1 fully saturated rings. The SMILES string of the molecule is CCNCc1c(C)oc(C)c1S(=O)(=O)NC1CC(OC)C1. The van der Waals surface area contributed by atoms with Crippen LogP contribution in [0.3, 0.4) is 0 Å². The smallest absolute Gasteiger partial charge is 0.244 e. The first-order valence-corrected chi connectivity index (χ1v) is 8.72. The van der Waals surface area contributed by atoms with Gasteiger partial charge in [-0.05, 0) is 33.2 Å². The fraction of sp³-hybridized carbons (Fsp3) is 0.714. The first-order chi connectivity index (χ1) is 9.89. The molecule has 0 radical (unpaired) electrons. The largest absolute Gasteiger partial charge is 0.465 e. The maximum atomic E-state index is 12.6. The Morgan fingerprint density at radius 1 is 1.29 bits per heavy atom. The van der Waals surface area contributed by atoms with Gasteiger partial charge in [0, 0.05) is 25.3 Å². The van der Waals surface area contributed by atoms with Crippen LogP contribution >= 0.6 is 0 Å². The lowest BCUT2D eigenvalue weighted by atomic mass is 9.90. The van der Waals surface area contributed by atoms with Crippen LogP contribution in [-0.4, -0.2) is 34.2 Å². The van der Waals surface area contributed by atoms with Gasteiger partial charge >= 0.3 is 0 Å². The van der Waals surface area contributed by atoms with E-state index in [1.54, 1.807) is 21.0 Å². The van der Waals surface area contributed by atoms with Crippen molar-refractivity contribution in [1.82, 2.24) is 10.0 Å². The minimum absolute atomic E-state index is 0.0541. The highest BCUT2D eigenvalue weighted by atomic mass is 32.2. The topological polar surface area (TPSA) is 80.6 Å². The molecular formula is C14H24N2O4S. The summed E-state index contributed by atoms with van der Waals surface area (Å²) < 4.78 is 38.7. The van der Waals surface area contributed by atoms with Crippen molar-refractivity contribution in [2.24, 2.45) is 0 Å². The Bertz CT molecular complexity index is 588. The number of hydrogen-bond donors (Lipinski definition) is 2. The van der Waals surface area contributed by atoms with Gasteiger partial charge in [0.1, 0.15) is 16.4 Å². The minimum atomic E-state index is -3.56. The van der Waals surface area contributed by atoms with E-state index in [4.69, 9.17) is 9.15 Å². The van der Waals surface area contributed by atoms with Crippen molar-refractivity contribution in [2.45, 2.75) is 57.2 Å². The van der Waals surface area contributed by atoms with Gasteiger partial charge in [0.25, 0.3) is 0 Å². The second kappa shape index (κ2) is 6.48. The summed E-state index contributed by atoms with van der Waals surface area (Å²) in [6, 6.07) is -0.0541. The van der Waals surface area contributed by atoms with Gasteiger partial charge in [-0.1, -0.05) is 6.92 Å². The molecule has 0 aliphatic heterocycles. The van der Waals surface area contributed by atoms with E-state index in [9.17, 15) is 8.42 Å². The maximum absolute atomic E-state index is 12.6. The molecule has 2 rings (SSSR count). The number of ether oxygens (including phenoxy) is 1. The zero-order valence-electron chi connectivity index (χ0n) is 13.0. The van der Waals surface area contributed by atoms with Gasteiger partial charge in [0.05, 0.1) is 6.10 Å². The fourth-order valence-corrected chi connectivity index (χ4v) is 4.36. The number of aryl methyl sites for hydroxylation is 2. The molecule has 1 aliphatic rings. The summed E-state index contributed by atoms with van der Waals surface area (Å²) in [7, 11) is -1.92. The molecule has 0 bridgehead atoms. The third kappa shape index (κ3) is 3.48. The normalized spacial score (nSPS) is 22.3. The summed E-state index contributed by atoms with van der Waals surface area (Å²) >= 11 is 0. The predicted octanol–water partition coefficient (Wildman–Crippen LogP) is 1.46. The standard InChI is InChI=1S/C14H24N2O4S/c1-5-15-8-13-9(2)20-10(3)14(13)21(17,18)16-11-6-12(7-11)19-4/h11-12,15-16H,5-8H2,1-4H3. The Hall–Kier alpha value is -0.890. The zero-order chi connectivity index (χ0) is 15.6. The summed E-state index contributed by atoms with van der Waals surface area (Å²) in [4.78, 5) is 0.279. The van der Waals surface area contributed by atoms with Crippen LogP contribution in [-0.2, 0) is 21.3 Å². The van der Waals surface area contributed by atoms with Crippen LogP contribution in [0.25, 0.3) is 0 Å².